The summed E-state index contributed by atoms with van der Waals surface area (Å²) in [5, 5.41) is 31.3. The number of nitrogen functional groups attached to an aromatic ring is 1. The molecule has 1 aromatic heterocycles. The van der Waals surface area contributed by atoms with Crippen LogP contribution >= 0.6 is 0 Å². The fourth-order valence-corrected chi connectivity index (χ4v) is 2.88. The van der Waals surface area contributed by atoms with E-state index >= 15 is 0 Å². The van der Waals surface area contributed by atoms with Crippen molar-refractivity contribution in [3.8, 4) is 0 Å². The van der Waals surface area contributed by atoms with Crippen LogP contribution < -0.4 is 11.4 Å². The van der Waals surface area contributed by atoms with Gasteiger partial charge in [-0.3, -0.25) is 19.0 Å². The van der Waals surface area contributed by atoms with Gasteiger partial charge >= 0.3 is 5.69 Å². The summed E-state index contributed by atoms with van der Waals surface area (Å²) in [6.07, 6.45) is -5.06. The maximum Gasteiger partial charge on any atom is 0.354 e. The lowest BCUT2D eigenvalue weighted by Crippen LogP contribution is -2.67. The highest BCUT2D eigenvalue weighted by atomic mass is 16.6. The van der Waals surface area contributed by atoms with Gasteiger partial charge in [0.25, 0.3) is 0 Å². The third kappa shape index (κ3) is 2.54. The van der Waals surface area contributed by atoms with Gasteiger partial charge in [0.2, 0.25) is 11.5 Å². The molecule has 1 unspecified atom stereocenters. The number of rotatable bonds is 5. The Balaban J connectivity index is 2.77. The third-order valence-corrected chi connectivity index (χ3v) is 4.32. The average Bonchev–Trinajstić information content (AvgIpc) is 2.78. The fraction of sp³-hybridized carbons (Fsp3) is 0.571. The van der Waals surface area contributed by atoms with Crippen molar-refractivity contribution in [2.75, 3.05) is 5.73 Å². The highest BCUT2D eigenvalue weighted by molar-refractivity contribution is 6.04. The summed E-state index contributed by atoms with van der Waals surface area (Å²) < 4.78 is 5.75. The van der Waals surface area contributed by atoms with E-state index in [9.17, 15) is 34.5 Å². The molecule has 12 heteroatoms. The van der Waals surface area contributed by atoms with Gasteiger partial charge in [-0.2, -0.15) is 4.98 Å². The van der Waals surface area contributed by atoms with Crippen molar-refractivity contribution in [1.82, 2.24) is 14.5 Å². The van der Waals surface area contributed by atoms with Gasteiger partial charge in [0.1, 0.15) is 12.4 Å². The summed E-state index contributed by atoms with van der Waals surface area (Å²) in [7, 11) is 0. The van der Waals surface area contributed by atoms with Crippen LogP contribution in [0.15, 0.2) is 11.1 Å². The molecule has 5 N–H and O–H groups in total. The smallest absolute Gasteiger partial charge is 0.354 e. The van der Waals surface area contributed by atoms with Crippen molar-refractivity contribution in [2.45, 2.75) is 50.4 Å². The van der Waals surface area contributed by atoms with Gasteiger partial charge in [-0.25, -0.2) is 9.78 Å². The number of nitrogens with two attached hydrogens (primary N) is 1. The van der Waals surface area contributed by atoms with Crippen molar-refractivity contribution < 1.29 is 34.4 Å². The Labute approximate surface area is 146 Å². The van der Waals surface area contributed by atoms with E-state index in [2.05, 4.69) is 9.97 Å². The Bertz CT molecular complexity index is 836. The van der Waals surface area contributed by atoms with Crippen LogP contribution in [-0.2, 0) is 19.1 Å². The molecule has 0 aliphatic carbocycles. The van der Waals surface area contributed by atoms with Crippen LogP contribution in [-0.4, -0.2) is 70.6 Å². The molecule has 1 saturated heterocycles. The molecular weight excluding hydrogens is 352 g/mol. The highest BCUT2D eigenvalue weighted by Crippen LogP contribution is 2.47. The third-order valence-electron chi connectivity index (χ3n) is 4.32. The van der Waals surface area contributed by atoms with E-state index in [1.54, 1.807) is 0 Å². The second-order valence-electron chi connectivity index (χ2n) is 6.00. The number of aromatic nitrogens is 3. The van der Waals surface area contributed by atoms with Crippen LogP contribution in [0.5, 0.6) is 0 Å². The summed E-state index contributed by atoms with van der Waals surface area (Å²) in [6.45, 7) is 2.71. The monoisotopic (exact) mass is 370 g/mol. The highest BCUT2D eigenvalue weighted by Gasteiger charge is 2.73. The predicted molar refractivity (Wildman–Crippen MR) is 82.6 cm³/mol. The normalized spacial score (nSPS) is 32.2. The minimum absolute atomic E-state index is 0.408. The molecule has 0 aromatic carbocycles. The Hall–Kier alpha value is -2.54. The summed E-state index contributed by atoms with van der Waals surface area (Å²) in [5.74, 6) is -3.92. The molecule has 0 bridgehead atoms. The molecule has 12 nitrogen and oxygen atoms in total. The number of Topliss-reactive ketones (excluding diaryl/α,β-unsaturated/α-hetero) is 3. The van der Waals surface area contributed by atoms with Gasteiger partial charge < -0.3 is 25.8 Å². The lowest BCUT2D eigenvalue weighted by molar-refractivity contribution is -0.182. The van der Waals surface area contributed by atoms with Gasteiger partial charge in [0, 0.05) is 0 Å². The Morgan fingerprint density at radius 3 is 2.23 bits per heavy atom. The maximum atomic E-state index is 12.2. The number of nitrogens with zero attached hydrogens (tertiary/aromatic N) is 3. The number of ether oxygens (including phenoxy) is 1. The number of hydrogen-bond donors (Lipinski definition) is 4. The second-order valence-corrected chi connectivity index (χ2v) is 6.00. The average molecular weight is 370 g/mol. The lowest BCUT2D eigenvalue weighted by Gasteiger charge is -2.36. The van der Waals surface area contributed by atoms with Gasteiger partial charge in [0.15, 0.2) is 35.3 Å². The molecule has 0 spiro atoms. The van der Waals surface area contributed by atoms with E-state index in [1.807, 2.05) is 0 Å². The zero-order valence-electron chi connectivity index (χ0n) is 14.1. The van der Waals surface area contributed by atoms with Gasteiger partial charge in [-0.15, -0.1) is 0 Å². The Kier molecular flexibility index (Phi) is 4.81. The summed E-state index contributed by atoms with van der Waals surface area (Å²) in [4.78, 5) is 55.5. The lowest BCUT2D eigenvalue weighted by atomic mass is 9.73. The number of aliphatic hydroxyl groups excluding tert-OH is 1. The molecule has 0 saturated carbocycles. The van der Waals surface area contributed by atoms with Crippen LogP contribution in [0.25, 0.3) is 0 Å². The van der Waals surface area contributed by atoms with Crippen LogP contribution in [0.1, 0.15) is 27.0 Å². The maximum absolute atomic E-state index is 12.2. The van der Waals surface area contributed by atoms with Gasteiger partial charge in [-0.05, 0) is 20.8 Å². The van der Waals surface area contributed by atoms with Crippen molar-refractivity contribution >= 4 is 23.3 Å². The van der Waals surface area contributed by atoms with Crippen LogP contribution in [0, 0.1) is 0 Å². The van der Waals surface area contributed by atoms with Gasteiger partial charge in [-0.1, -0.05) is 0 Å². The van der Waals surface area contributed by atoms with Crippen molar-refractivity contribution in [3.05, 3.63) is 16.8 Å². The number of carbonyl (C=O) groups excluding carboxylic acids is 3. The topological polar surface area (TPSA) is 195 Å². The van der Waals surface area contributed by atoms with Crippen molar-refractivity contribution in [1.29, 1.82) is 0 Å². The Morgan fingerprint density at radius 1 is 1.27 bits per heavy atom. The SMILES string of the molecule is CC(=O)[C@@]1(O)[C@@H](C(=O)C(C)O)O[C@@H](n2cnc(N)nc2=O)[C@@]1(O)C(C)=O. The number of carbonyl (C=O) groups is 3. The Morgan fingerprint density at radius 2 is 1.81 bits per heavy atom. The minimum Gasteiger partial charge on any atom is -0.386 e. The van der Waals surface area contributed by atoms with Gasteiger partial charge in [0.05, 0.1) is 0 Å². The first kappa shape index (κ1) is 19.8. The quantitative estimate of drug-likeness (QED) is 0.405. The number of ketones is 3. The number of hydrogen-bond acceptors (Lipinski definition) is 11. The number of aliphatic hydroxyl groups is 3. The molecule has 1 aromatic rings. The molecular formula is C14H18N4O8. The molecule has 2 heterocycles. The van der Waals surface area contributed by atoms with Crippen LogP contribution in [0.2, 0.25) is 0 Å². The summed E-state index contributed by atoms with van der Waals surface area (Å²) in [5.41, 5.74) is -1.93. The molecule has 1 fully saturated rings. The predicted octanol–water partition coefficient (Wildman–Crippen LogP) is -3.29. The van der Waals surface area contributed by atoms with Crippen molar-refractivity contribution in [2.24, 2.45) is 0 Å². The number of anilines is 1. The standard InChI is InChI=1S/C14H18N4O8/c1-5(19)8(22)9-13(24,6(2)20)14(25,7(3)21)10(26-9)18-4-16-11(15)17-12(18)23/h4-5,9-10,19,24-25H,1-3H3,(H2,15,17,23)/t5?,9-,10-,13-,14+/m1/s1. The first-order valence-electron chi connectivity index (χ1n) is 7.43. The minimum atomic E-state index is -3.06. The molecule has 1 aliphatic heterocycles. The van der Waals surface area contributed by atoms with Crippen LogP contribution in [0.3, 0.4) is 0 Å². The van der Waals surface area contributed by atoms with Crippen LogP contribution in [0.4, 0.5) is 5.95 Å². The van der Waals surface area contributed by atoms with E-state index in [0.717, 1.165) is 27.1 Å². The summed E-state index contributed by atoms with van der Waals surface area (Å²) in [6, 6.07) is 0. The van der Waals surface area contributed by atoms with E-state index in [-0.39, 0.29) is 0 Å². The molecule has 2 rings (SSSR count). The van der Waals surface area contributed by atoms with E-state index in [1.165, 1.54) is 0 Å². The molecule has 0 amide bonds. The first-order chi connectivity index (χ1) is 11.9. The zero-order chi connectivity index (χ0) is 20.0. The molecule has 142 valence electrons. The van der Waals surface area contributed by atoms with E-state index < -0.39 is 58.6 Å². The zero-order valence-corrected chi connectivity index (χ0v) is 14.1. The molecule has 5 atom stereocenters. The van der Waals surface area contributed by atoms with E-state index in [4.69, 9.17) is 10.5 Å². The largest absolute Gasteiger partial charge is 0.386 e. The first-order valence-corrected chi connectivity index (χ1v) is 7.43. The fourth-order valence-electron chi connectivity index (χ4n) is 2.88. The second kappa shape index (κ2) is 6.32. The molecule has 26 heavy (non-hydrogen) atoms. The molecule has 0 radical (unpaired) electrons. The molecule has 1 aliphatic rings. The van der Waals surface area contributed by atoms with Crippen molar-refractivity contribution in [3.63, 3.8) is 0 Å². The van der Waals surface area contributed by atoms with E-state index in [0.29, 0.717) is 4.57 Å². The summed E-state index contributed by atoms with van der Waals surface area (Å²) >= 11 is 0.